The quantitative estimate of drug-likeness (QED) is 0.449. The third-order valence-electron chi connectivity index (χ3n) is 4.17. The van der Waals surface area contributed by atoms with Gasteiger partial charge in [0.25, 0.3) is 0 Å². The van der Waals surface area contributed by atoms with Gasteiger partial charge in [0.2, 0.25) is 0 Å². The standard InChI is InChI=1S/C17H37NO/c1-4-7-8-9-10-11-12-14-17(5-2,19-6-3)15-13-16-18/h4-16,18H2,1-3H3. The Morgan fingerprint density at radius 1 is 0.789 bits per heavy atom. The van der Waals surface area contributed by atoms with Crippen LogP contribution in [0.1, 0.15) is 91.4 Å². The average Bonchev–Trinajstić information content (AvgIpc) is 2.43. The molecule has 2 heteroatoms. The Balaban J connectivity index is 3.84. The minimum absolute atomic E-state index is 0.109. The van der Waals surface area contributed by atoms with Crippen LogP contribution in [0.5, 0.6) is 0 Å². The largest absolute Gasteiger partial charge is 0.375 e. The fraction of sp³-hybridized carbons (Fsp3) is 1.00. The fourth-order valence-corrected chi connectivity index (χ4v) is 2.86. The molecule has 0 amide bonds. The van der Waals surface area contributed by atoms with Crippen LogP contribution in [-0.2, 0) is 4.74 Å². The summed E-state index contributed by atoms with van der Waals surface area (Å²) in [6, 6.07) is 0. The first kappa shape index (κ1) is 18.9. The molecule has 0 spiro atoms. The lowest BCUT2D eigenvalue weighted by Crippen LogP contribution is -2.32. The lowest BCUT2D eigenvalue weighted by molar-refractivity contribution is -0.0568. The maximum Gasteiger partial charge on any atom is 0.0680 e. The van der Waals surface area contributed by atoms with Gasteiger partial charge in [0.15, 0.2) is 0 Å². The molecule has 0 aliphatic carbocycles. The Bertz CT molecular complexity index is 184. The van der Waals surface area contributed by atoms with E-state index in [0.717, 1.165) is 32.4 Å². The highest BCUT2D eigenvalue weighted by Gasteiger charge is 2.27. The van der Waals surface area contributed by atoms with E-state index in [0.29, 0.717) is 0 Å². The average molecular weight is 271 g/mol. The number of rotatable bonds is 14. The van der Waals surface area contributed by atoms with Gasteiger partial charge in [-0.25, -0.2) is 0 Å². The van der Waals surface area contributed by atoms with Crippen LogP contribution in [0.4, 0.5) is 0 Å². The molecule has 0 rings (SSSR count). The predicted molar refractivity (Wildman–Crippen MR) is 85.5 cm³/mol. The molecule has 19 heavy (non-hydrogen) atoms. The van der Waals surface area contributed by atoms with Gasteiger partial charge in [0.1, 0.15) is 0 Å². The zero-order valence-electron chi connectivity index (χ0n) is 13.7. The first-order chi connectivity index (χ1) is 9.24. The Hall–Kier alpha value is -0.0800. The van der Waals surface area contributed by atoms with Gasteiger partial charge >= 0.3 is 0 Å². The van der Waals surface area contributed by atoms with Crippen molar-refractivity contribution in [3.05, 3.63) is 0 Å². The van der Waals surface area contributed by atoms with E-state index in [1.165, 1.54) is 51.4 Å². The summed E-state index contributed by atoms with van der Waals surface area (Å²) in [5, 5.41) is 0. The van der Waals surface area contributed by atoms with Crippen molar-refractivity contribution in [1.82, 2.24) is 0 Å². The third-order valence-corrected chi connectivity index (χ3v) is 4.17. The van der Waals surface area contributed by atoms with Gasteiger partial charge in [0.05, 0.1) is 5.60 Å². The van der Waals surface area contributed by atoms with Crippen LogP contribution in [-0.4, -0.2) is 18.8 Å². The Labute approximate surface area is 121 Å². The summed E-state index contributed by atoms with van der Waals surface area (Å²) in [5.74, 6) is 0. The molecular formula is C17H37NO. The lowest BCUT2D eigenvalue weighted by atomic mass is 9.88. The molecule has 2 nitrogen and oxygen atoms in total. The summed E-state index contributed by atoms with van der Waals surface area (Å²) in [5.41, 5.74) is 5.76. The van der Waals surface area contributed by atoms with Gasteiger partial charge in [-0.3, -0.25) is 0 Å². The summed E-state index contributed by atoms with van der Waals surface area (Å²) in [4.78, 5) is 0. The van der Waals surface area contributed by atoms with Crippen molar-refractivity contribution < 1.29 is 4.74 Å². The molecule has 0 bridgehead atoms. The molecule has 0 aromatic carbocycles. The van der Waals surface area contributed by atoms with E-state index in [4.69, 9.17) is 10.5 Å². The number of nitrogens with two attached hydrogens (primary N) is 1. The second kappa shape index (κ2) is 12.9. The van der Waals surface area contributed by atoms with Crippen LogP contribution in [0.25, 0.3) is 0 Å². The highest BCUT2D eigenvalue weighted by Crippen LogP contribution is 2.29. The minimum Gasteiger partial charge on any atom is -0.375 e. The highest BCUT2D eigenvalue weighted by molar-refractivity contribution is 4.79. The number of ether oxygens (including phenoxy) is 1. The second-order valence-corrected chi connectivity index (χ2v) is 5.73. The van der Waals surface area contributed by atoms with Crippen molar-refractivity contribution in [2.75, 3.05) is 13.2 Å². The molecule has 0 aromatic heterocycles. The summed E-state index contributed by atoms with van der Waals surface area (Å²) < 4.78 is 6.07. The van der Waals surface area contributed by atoms with Gasteiger partial charge in [-0.05, 0) is 39.2 Å². The first-order valence-corrected chi connectivity index (χ1v) is 8.58. The topological polar surface area (TPSA) is 35.2 Å². The Morgan fingerprint density at radius 3 is 1.89 bits per heavy atom. The first-order valence-electron chi connectivity index (χ1n) is 8.58. The molecule has 0 aromatic rings. The van der Waals surface area contributed by atoms with E-state index in [2.05, 4.69) is 20.8 Å². The minimum atomic E-state index is 0.109. The van der Waals surface area contributed by atoms with Gasteiger partial charge in [-0.2, -0.15) is 0 Å². The van der Waals surface area contributed by atoms with Crippen LogP contribution in [0, 0.1) is 0 Å². The van der Waals surface area contributed by atoms with E-state index in [1.54, 1.807) is 0 Å². The van der Waals surface area contributed by atoms with E-state index in [9.17, 15) is 0 Å². The predicted octanol–water partition coefficient (Wildman–Crippen LogP) is 5.05. The molecule has 1 atom stereocenters. The monoisotopic (exact) mass is 271 g/mol. The van der Waals surface area contributed by atoms with Gasteiger partial charge < -0.3 is 10.5 Å². The molecule has 116 valence electrons. The zero-order valence-corrected chi connectivity index (χ0v) is 13.7. The second-order valence-electron chi connectivity index (χ2n) is 5.73. The summed E-state index contributed by atoms with van der Waals surface area (Å²) in [7, 11) is 0. The normalized spacial score (nSPS) is 14.5. The number of hydrogen-bond donors (Lipinski definition) is 1. The smallest absolute Gasteiger partial charge is 0.0680 e. The number of unbranched alkanes of at least 4 members (excludes halogenated alkanes) is 6. The van der Waals surface area contributed by atoms with Crippen molar-refractivity contribution in [3.63, 3.8) is 0 Å². The van der Waals surface area contributed by atoms with Crippen molar-refractivity contribution >= 4 is 0 Å². The Kier molecular flexibility index (Phi) is 12.9. The molecule has 0 aliphatic heterocycles. The molecule has 0 radical (unpaired) electrons. The third kappa shape index (κ3) is 9.45. The summed E-state index contributed by atoms with van der Waals surface area (Å²) >= 11 is 0. The van der Waals surface area contributed by atoms with Crippen molar-refractivity contribution in [2.24, 2.45) is 5.73 Å². The molecule has 0 saturated heterocycles. The van der Waals surface area contributed by atoms with Gasteiger partial charge in [-0.15, -0.1) is 0 Å². The zero-order chi connectivity index (χ0) is 14.4. The maximum absolute atomic E-state index is 6.07. The van der Waals surface area contributed by atoms with Gasteiger partial charge in [0, 0.05) is 6.61 Å². The highest BCUT2D eigenvalue weighted by atomic mass is 16.5. The van der Waals surface area contributed by atoms with E-state index in [-0.39, 0.29) is 5.60 Å². The Morgan fingerprint density at radius 2 is 1.37 bits per heavy atom. The summed E-state index contributed by atoms with van der Waals surface area (Å²) in [6.45, 7) is 8.25. The van der Waals surface area contributed by atoms with Crippen LogP contribution in [0.2, 0.25) is 0 Å². The van der Waals surface area contributed by atoms with Crippen molar-refractivity contribution in [3.8, 4) is 0 Å². The van der Waals surface area contributed by atoms with Gasteiger partial charge in [-0.1, -0.05) is 58.8 Å². The molecule has 0 fully saturated rings. The maximum atomic E-state index is 6.07. The van der Waals surface area contributed by atoms with E-state index < -0.39 is 0 Å². The van der Waals surface area contributed by atoms with E-state index in [1.807, 2.05) is 0 Å². The fourth-order valence-electron chi connectivity index (χ4n) is 2.86. The van der Waals surface area contributed by atoms with Crippen molar-refractivity contribution in [2.45, 2.75) is 97.0 Å². The summed E-state index contributed by atoms with van der Waals surface area (Å²) in [6.07, 6.45) is 14.2. The molecule has 2 N–H and O–H groups in total. The SMILES string of the molecule is CCCCCCCCCC(CC)(CCCN)OCC. The lowest BCUT2D eigenvalue weighted by Gasteiger charge is -2.33. The van der Waals surface area contributed by atoms with Crippen LogP contribution < -0.4 is 5.73 Å². The molecular weight excluding hydrogens is 234 g/mol. The van der Waals surface area contributed by atoms with E-state index >= 15 is 0 Å². The molecule has 0 heterocycles. The van der Waals surface area contributed by atoms with Crippen LogP contribution >= 0.6 is 0 Å². The van der Waals surface area contributed by atoms with Crippen LogP contribution in [0.15, 0.2) is 0 Å². The molecule has 0 aliphatic rings. The van der Waals surface area contributed by atoms with Crippen molar-refractivity contribution in [1.29, 1.82) is 0 Å². The molecule has 0 saturated carbocycles. The number of hydrogen-bond acceptors (Lipinski definition) is 2. The molecule has 1 unspecified atom stereocenters. The van der Waals surface area contributed by atoms with Crippen LogP contribution in [0.3, 0.4) is 0 Å².